The summed E-state index contributed by atoms with van der Waals surface area (Å²) in [5.74, 6) is -0.0983. The molecule has 0 radical (unpaired) electrons. The average molecular weight is 467 g/mol. The highest BCUT2D eigenvalue weighted by molar-refractivity contribution is 9.10. The maximum absolute atomic E-state index is 12.3. The molecule has 1 amide bonds. The summed E-state index contributed by atoms with van der Waals surface area (Å²) in [6.07, 6.45) is 1.49. The Hall–Kier alpha value is -3.45. The van der Waals surface area contributed by atoms with E-state index in [9.17, 15) is 9.59 Å². The van der Waals surface area contributed by atoms with Crippen molar-refractivity contribution in [1.29, 1.82) is 0 Å². The Kier molecular flexibility index (Phi) is 7.34. The van der Waals surface area contributed by atoms with Crippen molar-refractivity contribution >= 4 is 34.0 Å². The van der Waals surface area contributed by atoms with Crippen LogP contribution in [-0.4, -0.2) is 24.7 Å². The number of halogens is 1. The van der Waals surface area contributed by atoms with Crippen molar-refractivity contribution in [1.82, 2.24) is 5.43 Å². The van der Waals surface area contributed by atoms with Crippen LogP contribution < -0.4 is 14.9 Å². The summed E-state index contributed by atoms with van der Waals surface area (Å²) in [4.78, 5) is 24.5. The first-order valence-corrected chi connectivity index (χ1v) is 9.99. The Bertz CT molecular complexity index is 1070. The Morgan fingerprint density at radius 2 is 1.73 bits per heavy atom. The monoisotopic (exact) mass is 466 g/mol. The average Bonchev–Trinajstić information content (AvgIpc) is 2.76. The van der Waals surface area contributed by atoms with Crippen molar-refractivity contribution in [3.05, 3.63) is 94.0 Å². The molecule has 0 atom stereocenters. The van der Waals surface area contributed by atoms with E-state index < -0.39 is 5.97 Å². The molecule has 7 heteroatoms. The second-order valence-corrected chi connectivity index (χ2v) is 6.93. The molecule has 0 unspecified atom stereocenters. The van der Waals surface area contributed by atoms with E-state index >= 15 is 0 Å². The van der Waals surface area contributed by atoms with Gasteiger partial charge in [0, 0.05) is 4.47 Å². The molecular weight excluding hydrogens is 448 g/mol. The van der Waals surface area contributed by atoms with Crippen molar-refractivity contribution in [3.8, 4) is 11.5 Å². The van der Waals surface area contributed by atoms with Gasteiger partial charge in [0.25, 0.3) is 5.91 Å². The number of hydrazone groups is 1. The van der Waals surface area contributed by atoms with E-state index in [1.165, 1.54) is 6.21 Å². The molecule has 0 bridgehead atoms. The van der Waals surface area contributed by atoms with Crippen LogP contribution in [0, 0.1) is 0 Å². The van der Waals surface area contributed by atoms with Crippen molar-refractivity contribution in [2.24, 2.45) is 5.10 Å². The zero-order valence-electron chi connectivity index (χ0n) is 16.2. The molecule has 30 heavy (non-hydrogen) atoms. The van der Waals surface area contributed by atoms with Gasteiger partial charge in [-0.25, -0.2) is 10.2 Å². The fourth-order valence-electron chi connectivity index (χ4n) is 2.56. The molecular formula is C23H19BrN2O4. The number of benzene rings is 3. The van der Waals surface area contributed by atoms with Gasteiger partial charge in [0.05, 0.1) is 23.9 Å². The second kappa shape index (κ2) is 10.4. The second-order valence-electron chi connectivity index (χ2n) is 6.07. The van der Waals surface area contributed by atoms with E-state index in [1.54, 1.807) is 60.7 Å². The zero-order chi connectivity index (χ0) is 21.3. The molecule has 0 aromatic heterocycles. The zero-order valence-corrected chi connectivity index (χ0v) is 17.8. The standard InChI is InChI=1S/C23H19BrN2O4/c1-2-29-21-14-16(15-25-26-22(27)18-10-6-7-11-19(18)24)12-13-20(21)30-23(28)17-8-4-3-5-9-17/h3-15H,2H2,1H3,(H,26,27). The van der Waals surface area contributed by atoms with Gasteiger partial charge < -0.3 is 9.47 Å². The van der Waals surface area contributed by atoms with Gasteiger partial charge in [-0.2, -0.15) is 5.10 Å². The predicted molar refractivity (Wildman–Crippen MR) is 118 cm³/mol. The van der Waals surface area contributed by atoms with Gasteiger partial charge in [-0.15, -0.1) is 0 Å². The number of ether oxygens (including phenoxy) is 2. The maximum Gasteiger partial charge on any atom is 0.343 e. The highest BCUT2D eigenvalue weighted by atomic mass is 79.9. The third-order valence-electron chi connectivity index (χ3n) is 3.98. The Balaban J connectivity index is 1.71. The smallest absolute Gasteiger partial charge is 0.343 e. The molecule has 0 spiro atoms. The Morgan fingerprint density at radius 3 is 2.47 bits per heavy atom. The van der Waals surface area contributed by atoms with Crippen molar-refractivity contribution in [3.63, 3.8) is 0 Å². The number of hydrogen-bond acceptors (Lipinski definition) is 5. The lowest BCUT2D eigenvalue weighted by Crippen LogP contribution is -2.18. The topological polar surface area (TPSA) is 77.0 Å². The number of esters is 1. The van der Waals surface area contributed by atoms with Crippen molar-refractivity contribution in [2.45, 2.75) is 6.92 Å². The van der Waals surface area contributed by atoms with Gasteiger partial charge in [-0.05, 0) is 70.9 Å². The fraction of sp³-hybridized carbons (Fsp3) is 0.0870. The van der Waals surface area contributed by atoms with E-state index in [-0.39, 0.29) is 5.91 Å². The summed E-state index contributed by atoms with van der Waals surface area (Å²) in [5.41, 5.74) is 4.08. The molecule has 0 heterocycles. The lowest BCUT2D eigenvalue weighted by atomic mass is 10.2. The minimum atomic E-state index is -0.473. The van der Waals surface area contributed by atoms with Crippen LogP contribution in [0.3, 0.4) is 0 Å². The summed E-state index contributed by atoms with van der Waals surface area (Å²) < 4.78 is 11.7. The highest BCUT2D eigenvalue weighted by Crippen LogP contribution is 2.29. The van der Waals surface area contributed by atoms with Crippen molar-refractivity contribution in [2.75, 3.05) is 6.61 Å². The largest absolute Gasteiger partial charge is 0.490 e. The molecule has 0 fully saturated rings. The highest BCUT2D eigenvalue weighted by Gasteiger charge is 2.13. The van der Waals surface area contributed by atoms with Crippen LogP contribution in [0.1, 0.15) is 33.2 Å². The Labute approximate surface area is 182 Å². The quantitative estimate of drug-likeness (QED) is 0.234. The molecule has 3 rings (SSSR count). The van der Waals surface area contributed by atoms with Gasteiger partial charge in [0.15, 0.2) is 11.5 Å². The molecule has 0 aliphatic rings. The van der Waals surface area contributed by atoms with Crippen LogP contribution in [0.2, 0.25) is 0 Å². The number of amides is 1. The van der Waals surface area contributed by atoms with Crippen LogP contribution in [0.5, 0.6) is 11.5 Å². The molecule has 0 saturated carbocycles. The molecule has 3 aromatic rings. The fourth-order valence-corrected chi connectivity index (χ4v) is 3.03. The molecule has 1 N–H and O–H groups in total. The van der Waals surface area contributed by atoms with Gasteiger partial charge in [-0.1, -0.05) is 30.3 Å². The van der Waals surface area contributed by atoms with Crippen LogP contribution in [0.25, 0.3) is 0 Å². The number of carbonyl (C=O) groups excluding carboxylic acids is 2. The van der Waals surface area contributed by atoms with E-state index in [1.807, 2.05) is 19.1 Å². The Morgan fingerprint density at radius 1 is 1.00 bits per heavy atom. The summed E-state index contributed by atoms with van der Waals surface area (Å²) in [6, 6.07) is 20.8. The lowest BCUT2D eigenvalue weighted by Gasteiger charge is -2.11. The van der Waals surface area contributed by atoms with Crippen molar-refractivity contribution < 1.29 is 19.1 Å². The predicted octanol–water partition coefficient (Wildman–Crippen LogP) is 4.83. The molecule has 0 saturated heterocycles. The van der Waals surface area contributed by atoms with E-state index in [4.69, 9.17) is 9.47 Å². The third-order valence-corrected chi connectivity index (χ3v) is 4.67. The minimum absolute atomic E-state index is 0.306. The van der Waals surface area contributed by atoms with Gasteiger partial charge >= 0.3 is 5.97 Å². The third kappa shape index (κ3) is 5.55. The first-order valence-electron chi connectivity index (χ1n) is 9.20. The first-order chi connectivity index (χ1) is 14.6. The molecule has 6 nitrogen and oxygen atoms in total. The summed E-state index contributed by atoms with van der Waals surface area (Å²) >= 11 is 3.33. The number of carbonyl (C=O) groups is 2. The van der Waals surface area contributed by atoms with Gasteiger partial charge in [0.1, 0.15) is 0 Å². The van der Waals surface area contributed by atoms with Crippen LogP contribution in [-0.2, 0) is 0 Å². The van der Waals surface area contributed by atoms with Crippen LogP contribution in [0.15, 0.2) is 82.4 Å². The molecule has 0 aliphatic carbocycles. The summed E-state index contributed by atoms with van der Waals surface area (Å²) in [7, 11) is 0. The molecule has 0 aliphatic heterocycles. The first kappa shape index (κ1) is 21.3. The SMILES string of the molecule is CCOc1cc(C=NNC(=O)c2ccccc2Br)ccc1OC(=O)c1ccccc1. The van der Waals surface area contributed by atoms with E-state index in [0.29, 0.717) is 39.3 Å². The summed E-state index contributed by atoms with van der Waals surface area (Å²) in [5, 5.41) is 3.99. The molecule has 152 valence electrons. The minimum Gasteiger partial charge on any atom is -0.490 e. The normalized spacial score (nSPS) is 10.6. The van der Waals surface area contributed by atoms with Crippen LogP contribution in [0.4, 0.5) is 0 Å². The molecule has 3 aromatic carbocycles. The van der Waals surface area contributed by atoms with Gasteiger partial charge in [-0.3, -0.25) is 4.79 Å². The number of hydrogen-bond donors (Lipinski definition) is 1. The van der Waals surface area contributed by atoms with Gasteiger partial charge in [0.2, 0.25) is 0 Å². The number of nitrogens with one attached hydrogen (secondary N) is 1. The van der Waals surface area contributed by atoms with E-state index in [0.717, 1.165) is 0 Å². The lowest BCUT2D eigenvalue weighted by molar-refractivity contribution is 0.0728. The van der Waals surface area contributed by atoms with Crippen LogP contribution >= 0.6 is 15.9 Å². The number of nitrogens with zero attached hydrogens (tertiary/aromatic N) is 1. The maximum atomic E-state index is 12.3. The van der Waals surface area contributed by atoms with E-state index in [2.05, 4.69) is 26.5 Å². The summed E-state index contributed by atoms with van der Waals surface area (Å²) in [6.45, 7) is 2.23. The number of rotatable bonds is 7.